The summed E-state index contributed by atoms with van der Waals surface area (Å²) in [5, 5.41) is 0. The van der Waals surface area contributed by atoms with Crippen molar-refractivity contribution in [3.8, 4) is 0 Å². The minimum atomic E-state index is -1.11. The third-order valence-corrected chi connectivity index (χ3v) is 8.17. The van der Waals surface area contributed by atoms with Crippen LogP contribution in [0.25, 0.3) is 0 Å². The Balaban J connectivity index is 0.00000140. The summed E-state index contributed by atoms with van der Waals surface area (Å²) in [5.41, 5.74) is 0. The first-order chi connectivity index (χ1) is 19.2. The Morgan fingerprint density at radius 2 is 0.690 bits per heavy atom. The van der Waals surface area contributed by atoms with Crippen molar-refractivity contribution in [1.29, 1.82) is 0 Å². The van der Waals surface area contributed by atoms with Gasteiger partial charge in [-0.2, -0.15) is 0 Å². The van der Waals surface area contributed by atoms with Crippen molar-refractivity contribution in [3.63, 3.8) is 0 Å². The lowest BCUT2D eigenvalue weighted by atomic mass is 8.30. The first-order valence-electron chi connectivity index (χ1n) is 14.0. The van der Waals surface area contributed by atoms with E-state index in [0.29, 0.717) is 0 Å². The molecule has 35 heteroatoms. The monoisotopic (exact) mass is 494 g/mol. The van der Waals surface area contributed by atoms with E-state index in [0.717, 1.165) is 26.2 Å². The molecule has 0 aromatic rings. The number of amides is 1. The minimum absolute atomic E-state index is 0.202. The highest BCUT2D eigenvalue weighted by molar-refractivity contribution is 8.28. The summed E-state index contributed by atoms with van der Waals surface area (Å²) in [7, 11) is 105. The Kier molecular flexibility index (Phi) is 21.4. The van der Waals surface area contributed by atoms with Gasteiger partial charge in [-0.15, -0.1) is 0 Å². The number of rotatable bonds is 14. The van der Waals surface area contributed by atoms with Gasteiger partial charge in [-0.1, -0.05) is 0 Å². The predicted octanol–water partition coefficient (Wildman–Crippen LogP) is -12.4. The van der Waals surface area contributed by atoms with Crippen molar-refractivity contribution < 1.29 is 4.79 Å². The lowest BCUT2D eigenvalue weighted by Gasteiger charge is -2.51. The van der Waals surface area contributed by atoms with E-state index in [1.807, 2.05) is 4.90 Å². The molecule has 1 amide bonds. The van der Waals surface area contributed by atoms with Crippen molar-refractivity contribution >= 4 is 233 Å². The second-order valence-electron chi connectivity index (χ2n) is 11.5. The molecule has 1 aliphatic heterocycles. The Morgan fingerprint density at radius 1 is 0.429 bits per heavy atom. The van der Waals surface area contributed by atoms with Gasteiger partial charge in [-0.3, -0.25) is 4.79 Å². The maximum absolute atomic E-state index is 10.8. The van der Waals surface area contributed by atoms with Gasteiger partial charge in [-0.05, 0) is 7.05 Å². The van der Waals surface area contributed by atoms with E-state index in [4.69, 9.17) is 132 Å². The van der Waals surface area contributed by atoms with E-state index >= 15 is 0 Å². The van der Waals surface area contributed by atoms with Crippen LogP contribution < -0.4 is 0 Å². The third-order valence-electron chi connectivity index (χ3n) is 8.17. The van der Waals surface area contributed by atoms with Gasteiger partial charge in [0.15, 0.2) is 0 Å². The van der Waals surface area contributed by atoms with E-state index in [1.165, 1.54) is 0 Å². The lowest BCUT2D eigenvalue weighted by molar-refractivity contribution is -0.130. The summed E-state index contributed by atoms with van der Waals surface area (Å²) in [6.45, 7) is 5.45. The summed E-state index contributed by atoms with van der Waals surface area (Å²) in [6.07, 6.45) is -15.2. The fourth-order valence-corrected chi connectivity index (χ4v) is 6.00. The Bertz CT molecular complexity index is 696. The fourth-order valence-electron chi connectivity index (χ4n) is 6.00. The molecule has 1 aliphatic rings. The molecule has 0 aromatic heterocycles. The Morgan fingerprint density at radius 3 is 0.905 bits per heavy atom. The predicted molar refractivity (Wildman–Crippen MR) is 224 cm³/mol. The van der Waals surface area contributed by atoms with Gasteiger partial charge in [0.1, 0.15) is 0 Å². The molecule has 154 valence electrons. The Hall–Kier alpha value is 1.51. The highest BCUT2D eigenvalue weighted by Gasteiger charge is 2.53. The molecule has 1 rings (SSSR count). The van der Waals surface area contributed by atoms with Crippen LogP contribution >= 0.6 is 0 Å². The van der Waals surface area contributed by atoms with Crippen LogP contribution in [0.3, 0.4) is 0 Å². The minimum Gasteiger partial charge on any atom is -0.340 e. The van der Waals surface area contributed by atoms with Crippen molar-refractivity contribution in [3.05, 3.63) is 0 Å². The van der Waals surface area contributed by atoms with Gasteiger partial charge in [0, 0.05) is 260 Å². The molecule has 42 heavy (non-hydrogen) atoms. The van der Waals surface area contributed by atoms with Crippen LogP contribution in [0, 0.1) is 0 Å². The number of likely N-dealkylation sites (N-methyl/N-ethyl adjacent to an activating group) is 1. The zero-order valence-corrected chi connectivity index (χ0v) is 25.1. The van der Waals surface area contributed by atoms with E-state index < -0.39 is 95.8 Å². The normalized spacial score (nSPS) is 12.3. The van der Waals surface area contributed by atoms with Crippen LogP contribution in [0.1, 0.15) is 6.92 Å². The maximum atomic E-state index is 10.8. The first kappa shape index (κ1) is 43.5. The van der Waals surface area contributed by atoms with Crippen LogP contribution in [0.4, 0.5) is 0 Å². The van der Waals surface area contributed by atoms with E-state index in [-0.39, 0.29) is 5.91 Å². The molecule has 0 atom stereocenters. The van der Waals surface area contributed by atoms with Crippen molar-refractivity contribution in [1.82, 2.24) is 9.80 Å². The lowest BCUT2D eigenvalue weighted by Crippen LogP contribution is -2.89. The SMILES string of the molecule is CC(=O)N1CCN(C)CC1.[B]B([B])B([B])B(B([B])[B])B(B(B([B])[B])B([B])[B])B(B(B([B])[B])B([B])[B])B(B([B])[B])B([B])[B]. The zero-order chi connectivity index (χ0) is 33.2. The van der Waals surface area contributed by atoms with Crippen LogP contribution in [0.2, 0.25) is 0 Å². The molecule has 34 radical (unpaired) electrons. The highest BCUT2D eigenvalue weighted by Crippen LogP contribution is 2.15. The molecule has 0 bridgehead atoms. The second-order valence-corrected chi connectivity index (χ2v) is 11.5. The van der Waals surface area contributed by atoms with Crippen molar-refractivity contribution in [2.75, 3.05) is 33.2 Å². The average Bonchev–Trinajstić information content (AvgIpc) is 2.82. The smallest absolute Gasteiger partial charge is 0.219 e. The topological polar surface area (TPSA) is 23.6 Å². The summed E-state index contributed by atoms with van der Waals surface area (Å²) < 4.78 is 0. The third kappa shape index (κ3) is 13.3. The number of hydrogen-bond donors (Lipinski definition) is 0. The van der Waals surface area contributed by atoms with Crippen molar-refractivity contribution in [2.45, 2.75) is 6.92 Å². The molecule has 0 N–H and O–H groups in total. The van der Waals surface area contributed by atoms with Crippen LogP contribution in [-0.2, 0) is 4.79 Å². The zero-order valence-electron chi connectivity index (χ0n) is 25.1. The molecule has 0 saturated carbocycles. The molecule has 1 heterocycles. The van der Waals surface area contributed by atoms with E-state index in [9.17, 15) is 4.79 Å². The molecular formula is C7H14B32N2O. The van der Waals surface area contributed by atoms with Crippen LogP contribution in [0.5, 0.6) is 0 Å². The number of carbonyl (C=O) groups excluding carboxylic acids is 1. The number of nitrogens with zero attached hydrogens (tertiary/aromatic N) is 2. The second kappa shape index (κ2) is 20.7. The molecule has 0 unspecified atom stereocenters. The fraction of sp³-hybridized carbons (Fsp3) is 0.857. The number of carbonyl (C=O) groups is 1. The molecule has 1 saturated heterocycles. The average molecular weight is 488 g/mol. The molecule has 3 nitrogen and oxygen atoms in total. The standard InChI is InChI=1S/C7H14N2O.B32/c1-7(10)9-5-3-8(2)4-6-9;1-18(2)26(17)30(25(15)16)32(29(23(11)12)24(13)14)31(27(19(3)4)20(5)6)28(21(7)8)22(9)10/h3-6H2,1-2H3;. The molecule has 0 aliphatic carbocycles. The number of hydrogen-bond acceptors (Lipinski definition) is 2. The van der Waals surface area contributed by atoms with Gasteiger partial charge < -0.3 is 9.80 Å². The molecule has 0 spiro atoms. The molecular weight excluding hydrogens is 474 g/mol. The summed E-state index contributed by atoms with van der Waals surface area (Å²) >= 11 is 0. The van der Waals surface area contributed by atoms with Gasteiger partial charge >= 0.3 is 0 Å². The van der Waals surface area contributed by atoms with Gasteiger partial charge in [0.2, 0.25) is 5.91 Å². The summed E-state index contributed by atoms with van der Waals surface area (Å²) in [4.78, 5) is 14.9. The van der Waals surface area contributed by atoms with Gasteiger partial charge in [0.25, 0.3) is 0 Å². The highest BCUT2D eigenvalue weighted by atomic mass is 16.2. The first-order valence-corrected chi connectivity index (χ1v) is 14.0. The van der Waals surface area contributed by atoms with Crippen molar-refractivity contribution in [2.24, 2.45) is 0 Å². The Labute approximate surface area is 286 Å². The number of piperazine rings is 1. The summed E-state index contributed by atoms with van der Waals surface area (Å²) in [5.74, 6) is 0.202. The quantitative estimate of drug-likeness (QED) is 0.227. The molecule has 1 fully saturated rings. The van der Waals surface area contributed by atoms with Crippen LogP contribution in [0.15, 0.2) is 0 Å². The summed E-state index contributed by atoms with van der Waals surface area (Å²) in [6, 6.07) is 0. The maximum Gasteiger partial charge on any atom is 0.219 e. The van der Waals surface area contributed by atoms with Crippen LogP contribution in [-0.4, -0.2) is 276 Å². The molecule has 0 aromatic carbocycles. The van der Waals surface area contributed by atoms with E-state index in [1.54, 1.807) is 6.92 Å². The van der Waals surface area contributed by atoms with Gasteiger partial charge in [-0.25, -0.2) is 0 Å². The largest absolute Gasteiger partial charge is 0.340 e. The van der Waals surface area contributed by atoms with E-state index in [2.05, 4.69) is 11.9 Å². The van der Waals surface area contributed by atoms with Gasteiger partial charge in [0.05, 0.1) is 0 Å².